The molecule has 20 heavy (non-hydrogen) atoms. The number of nitrogens with zero attached hydrogens (tertiary/aromatic N) is 3. The summed E-state index contributed by atoms with van der Waals surface area (Å²) in [6.07, 6.45) is 0.508. The Morgan fingerprint density at radius 2 is 2.05 bits per heavy atom. The maximum Gasteiger partial charge on any atom is 0.358 e. The predicted octanol–water partition coefficient (Wildman–Crippen LogP) is 2.63. The second-order valence-corrected chi connectivity index (χ2v) is 5.94. The molecule has 0 saturated heterocycles. The van der Waals surface area contributed by atoms with Crippen LogP contribution < -0.4 is 0 Å². The summed E-state index contributed by atoms with van der Waals surface area (Å²) in [4.78, 5) is 11.3. The van der Waals surface area contributed by atoms with Crippen molar-refractivity contribution in [2.24, 2.45) is 0 Å². The third kappa shape index (κ3) is 2.87. The Bertz CT molecular complexity index is 639. The maximum absolute atomic E-state index is 11.3. The SMILES string of the molecule is Cc1cccc(Cc2c(C(=O)O)nnn2C(C)(C)C)c1. The summed E-state index contributed by atoms with van der Waals surface area (Å²) in [5.41, 5.74) is 2.56. The molecule has 1 aromatic heterocycles. The van der Waals surface area contributed by atoms with E-state index in [0.717, 1.165) is 11.1 Å². The highest BCUT2D eigenvalue weighted by Crippen LogP contribution is 2.21. The average Bonchev–Trinajstić information content (AvgIpc) is 2.72. The molecule has 0 fully saturated rings. The summed E-state index contributed by atoms with van der Waals surface area (Å²) in [7, 11) is 0. The minimum atomic E-state index is -1.04. The van der Waals surface area contributed by atoms with Crippen LogP contribution in [0.25, 0.3) is 0 Å². The van der Waals surface area contributed by atoms with Crippen molar-refractivity contribution in [3.8, 4) is 0 Å². The number of hydrogen-bond acceptors (Lipinski definition) is 3. The van der Waals surface area contributed by atoms with E-state index in [9.17, 15) is 9.90 Å². The van der Waals surface area contributed by atoms with Crippen molar-refractivity contribution in [2.75, 3.05) is 0 Å². The summed E-state index contributed by atoms with van der Waals surface area (Å²) in [5, 5.41) is 17.1. The Hall–Kier alpha value is -2.17. The fourth-order valence-corrected chi connectivity index (χ4v) is 2.18. The summed E-state index contributed by atoms with van der Waals surface area (Å²) < 4.78 is 1.69. The van der Waals surface area contributed by atoms with E-state index >= 15 is 0 Å². The van der Waals surface area contributed by atoms with Crippen molar-refractivity contribution >= 4 is 5.97 Å². The van der Waals surface area contributed by atoms with Gasteiger partial charge >= 0.3 is 5.97 Å². The number of carboxylic acids is 1. The smallest absolute Gasteiger partial charge is 0.358 e. The largest absolute Gasteiger partial charge is 0.476 e. The first kappa shape index (κ1) is 14.2. The molecule has 0 bridgehead atoms. The Labute approximate surface area is 118 Å². The zero-order chi connectivity index (χ0) is 14.9. The molecular formula is C15H19N3O2. The van der Waals surface area contributed by atoms with E-state index in [1.165, 1.54) is 0 Å². The number of rotatable bonds is 3. The van der Waals surface area contributed by atoms with E-state index in [0.29, 0.717) is 12.1 Å². The van der Waals surface area contributed by atoms with Crippen LogP contribution in [0.5, 0.6) is 0 Å². The van der Waals surface area contributed by atoms with Crippen LogP contribution in [0.1, 0.15) is 48.1 Å². The van der Waals surface area contributed by atoms with E-state index in [4.69, 9.17) is 0 Å². The maximum atomic E-state index is 11.3. The highest BCUT2D eigenvalue weighted by Gasteiger charge is 2.25. The first-order chi connectivity index (χ1) is 9.29. The van der Waals surface area contributed by atoms with Crippen LogP contribution in [-0.4, -0.2) is 26.1 Å². The van der Waals surface area contributed by atoms with Gasteiger partial charge in [0, 0.05) is 6.42 Å². The summed E-state index contributed by atoms with van der Waals surface area (Å²) in [5.74, 6) is -1.04. The van der Waals surface area contributed by atoms with Crippen molar-refractivity contribution in [1.29, 1.82) is 0 Å². The number of benzene rings is 1. The van der Waals surface area contributed by atoms with E-state index in [1.807, 2.05) is 52.0 Å². The summed E-state index contributed by atoms with van der Waals surface area (Å²) >= 11 is 0. The van der Waals surface area contributed by atoms with Crippen molar-refractivity contribution in [1.82, 2.24) is 15.0 Å². The normalized spacial score (nSPS) is 11.6. The number of aryl methyl sites for hydroxylation is 1. The third-order valence-electron chi connectivity index (χ3n) is 3.06. The first-order valence-electron chi connectivity index (χ1n) is 6.53. The number of aromatic nitrogens is 3. The first-order valence-corrected chi connectivity index (χ1v) is 6.53. The molecule has 0 aliphatic rings. The molecule has 2 aromatic rings. The minimum absolute atomic E-state index is 0.0291. The fraction of sp³-hybridized carbons (Fsp3) is 0.400. The van der Waals surface area contributed by atoms with Crippen LogP contribution in [0.15, 0.2) is 24.3 Å². The van der Waals surface area contributed by atoms with E-state index in [2.05, 4.69) is 10.3 Å². The molecule has 0 aliphatic heterocycles. The second-order valence-electron chi connectivity index (χ2n) is 5.94. The number of carbonyl (C=O) groups is 1. The molecule has 0 unspecified atom stereocenters. The molecule has 0 atom stereocenters. The van der Waals surface area contributed by atoms with Crippen molar-refractivity contribution in [3.05, 3.63) is 46.8 Å². The van der Waals surface area contributed by atoms with Gasteiger partial charge in [-0.15, -0.1) is 5.10 Å². The molecule has 0 amide bonds. The molecule has 0 saturated carbocycles. The quantitative estimate of drug-likeness (QED) is 0.933. The van der Waals surface area contributed by atoms with Crippen molar-refractivity contribution in [2.45, 2.75) is 39.7 Å². The van der Waals surface area contributed by atoms with Crippen LogP contribution in [0.3, 0.4) is 0 Å². The van der Waals surface area contributed by atoms with Crippen LogP contribution in [0.2, 0.25) is 0 Å². The topological polar surface area (TPSA) is 68.0 Å². The van der Waals surface area contributed by atoms with Gasteiger partial charge in [0.2, 0.25) is 0 Å². The Morgan fingerprint density at radius 1 is 1.35 bits per heavy atom. The third-order valence-corrected chi connectivity index (χ3v) is 3.06. The van der Waals surface area contributed by atoms with Crippen LogP contribution >= 0.6 is 0 Å². The fourth-order valence-electron chi connectivity index (χ4n) is 2.18. The van der Waals surface area contributed by atoms with E-state index < -0.39 is 5.97 Å². The van der Waals surface area contributed by atoms with Gasteiger partial charge in [-0.05, 0) is 33.3 Å². The van der Waals surface area contributed by atoms with Gasteiger partial charge in [0.15, 0.2) is 5.69 Å². The van der Waals surface area contributed by atoms with Crippen molar-refractivity contribution in [3.63, 3.8) is 0 Å². The van der Waals surface area contributed by atoms with Crippen molar-refractivity contribution < 1.29 is 9.90 Å². The highest BCUT2D eigenvalue weighted by molar-refractivity contribution is 5.86. The second kappa shape index (κ2) is 5.07. The monoisotopic (exact) mass is 273 g/mol. The van der Waals surface area contributed by atoms with Gasteiger partial charge in [-0.25, -0.2) is 9.48 Å². The van der Waals surface area contributed by atoms with Gasteiger partial charge in [-0.3, -0.25) is 0 Å². The number of hydrogen-bond donors (Lipinski definition) is 1. The molecule has 2 rings (SSSR count). The molecular weight excluding hydrogens is 254 g/mol. The molecule has 0 radical (unpaired) electrons. The van der Waals surface area contributed by atoms with Gasteiger partial charge in [-0.2, -0.15) is 0 Å². The molecule has 0 aliphatic carbocycles. The van der Waals surface area contributed by atoms with Crippen LogP contribution in [0.4, 0.5) is 0 Å². The molecule has 1 heterocycles. The predicted molar refractivity (Wildman–Crippen MR) is 76.0 cm³/mol. The van der Waals surface area contributed by atoms with Crippen LogP contribution in [0, 0.1) is 6.92 Å². The van der Waals surface area contributed by atoms with Gasteiger partial charge in [0.1, 0.15) is 0 Å². The highest BCUT2D eigenvalue weighted by atomic mass is 16.4. The van der Waals surface area contributed by atoms with Gasteiger partial charge in [-0.1, -0.05) is 35.0 Å². The van der Waals surface area contributed by atoms with Crippen LogP contribution in [-0.2, 0) is 12.0 Å². The lowest BCUT2D eigenvalue weighted by molar-refractivity contribution is 0.0689. The Kier molecular flexibility index (Phi) is 3.61. The zero-order valence-electron chi connectivity index (χ0n) is 12.2. The Balaban J connectivity index is 2.48. The standard InChI is InChI=1S/C15H19N3O2/c1-10-6-5-7-11(8-10)9-12-13(14(19)20)16-17-18(12)15(2,3)4/h5-8H,9H2,1-4H3,(H,19,20). The lowest BCUT2D eigenvalue weighted by atomic mass is 10.0. The summed E-state index contributed by atoms with van der Waals surface area (Å²) in [6.45, 7) is 7.95. The molecule has 5 heteroatoms. The minimum Gasteiger partial charge on any atom is -0.476 e. The molecule has 106 valence electrons. The van der Waals surface area contributed by atoms with Gasteiger partial charge < -0.3 is 5.11 Å². The van der Waals surface area contributed by atoms with E-state index in [1.54, 1.807) is 4.68 Å². The van der Waals surface area contributed by atoms with E-state index in [-0.39, 0.29) is 11.2 Å². The molecule has 1 N–H and O–H groups in total. The van der Waals surface area contributed by atoms with Gasteiger partial charge in [0.05, 0.1) is 11.2 Å². The zero-order valence-corrected chi connectivity index (χ0v) is 12.2. The average molecular weight is 273 g/mol. The molecule has 0 spiro atoms. The number of aromatic carboxylic acids is 1. The lowest BCUT2D eigenvalue weighted by Gasteiger charge is -2.21. The van der Waals surface area contributed by atoms with Gasteiger partial charge in [0.25, 0.3) is 0 Å². The summed E-state index contributed by atoms with van der Waals surface area (Å²) in [6, 6.07) is 8.02. The Morgan fingerprint density at radius 3 is 2.60 bits per heavy atom. The number of carboxylic acid groups (broad SMARTS) is 1. The molecule has 1 aromatic carbocycles. The lowest BCUT2D eigenvalue weighted by Crippen LogP contribution is -2.26. The molecule has 5 nitrogen and oxygen atoms in total.